The number of halogens is 3. The van der Waals surface area contributed by atoms with Crippen molar-refractivity contribution in [1.29, 1.82) is 0 Å². The summed E-state index contributed by atoms with van der Waals surface area (Å²) in [6.07, 6.45) is 4.59. The molecule has 3 rings (SSSR count). The van der Waals surface area contributed by atoms with Crippen LogP contribution in [0.5, 0.6) is 0 Å². The summed E-state index contributed by atoms with van der Waals surface area (Å²) in [6, 6.07) is 7.62. The van der Waals surface area contributed by atoms with Gasteiger partial charge in [0.25, 0.3) is 0 Å². The fourth-order valence-electron chi connectivity index (χ4n) is 2.78. The minimum absolute atomic E-state index is 0.0357. The Morgan fingerprint density at radius 3 is 2.56 bits per heavy atom. The van der Waals surface area contributed by atoms with E-state index in [0.717, 1.165) is 10.2 Å². The Bertz CT molecular complexity index is 888. The van der Waals surface area contributed by atoms with Crippen molar-refractivity contribution in [2.45, 2.75) is 12.8 Å². The summed E-state index contributed by atoms with van der Waals surface area (Å²) in [6.45, 7) is -0.227. The first kappa shape index (κ1) is 20.1. The molecule has 1 N–H and O–H groups in total. The van der Waals surface area contributed by atoms with Gasteiger partial charge >= 0.3 is 5.97 Å². The third-order valence-electron chi connectivity index (χ3n) is 4.14. The Balaban J connectivity index is 1.68. The molecule has 9 heteroatoms. The molecule has 0 aliphatic heterocycles. The highest BCUT2D eigenvalue weighted by Crippen LogP contribution is 2.31. The number of amides is 1. The minimum atomic E-state index is -0.608. The van der Waals surface area contributed by atoms with Gasteiger partial charge in [0.15, 0.2) is 5.13 Å². The number of benzene rings is 1. The van der Waals surface area contributed by atoms with Crippen LogP contribution < -0.4 is 5.32 Å². The molecule has 1 heterocycles. The predicted molar refractivity (Wildman–Crippen MR) is 109 cm³/mol. The maximum absolute atomic E-state index is 12.7. The van der Waals surface area contributed by atoms with E-state index in [1.807, 2.05) is 36.4 Å². The molecule has 2 atom stereocenters. The van der Waals surface area contributed by atoms with Crippen molar-refractivity contribution in [1.82, 2.24) is 4.98 Å². The average molecular weight is 446 g/mol. The van der Waals surface area contributed by atoms with Crippen molar-refractivity contribution in [2.24, 2.45) is 11.8 Å². The van der Waals surface area contributed by atoms with Crippen LogP contribution in [0.2, 0.25) is 0 Å². The van der Waals surface area contributed by atoms with Gasteiger partial charge in [-0.05, 0) is 25.0 Å². The number of rotatable bonds is 5. The summed E-state index contributed by atoms with van der Waals surface area (Å²) in [7, 11) is 0. The van der Waals surface area contributed by atoms with Crippen molar-refractivity contribution >= 4 is 73.4 Å². The topological polar surface area (TPSA) is 68.3 Å². The molecular weight excluding hydrogens is 431 g/mol. The first-order valence-corrected chi connectivity index (χ1v) is 10.1. The zero-order valence-electron chi connectivity index (χ0n) is 14.0. The van der Waals surface area contributed by atoms with Gasteiger partial charge in [-0.25, -0.2) is 4.98 Å². The molecule has 1 aliphatic carbocycles. The minimum Gasteiger partial charge on any atom is -0.460 e. The lowest BCUT2D eigenvalue weighted by Crippen LogP contribution is -2.36. The molecule has 0 radical (unpaired) electrons. The molecule has 2 unspecified atom stereocenters. The molecule has 142 valence electrons. The van der Waals surface area contributed by atoms with Crippen LogP contribution in [0.15, 0.2) is 45.9 Å². The number of fused-ring (bicyclic) bond motifs is 1. The van der Waals surface area contributed by atoms with Crippen molar-refractivity contribution in [3.05, 3.63) is 45.9 Å². The quantitative estimate of drug-likeness (QED) is 0.504. The second-order valence-electron chi connectivity index (χ2n) is 5.90. The molecular formula is C18H15Cl3N2O3S. The lowest BCUT2D eigenvalue weighted by Gasteiger charge is -2.25. The fourth-order valence-corrected chi connectivity index (χ4v) is 3.82. The Hall–Kier alpha value is -1.60. The van der Waals surface area contributed by atoms with Gasteiger partial charge in [-0.1, -0.05) is 70.4 Å². The van der Waals surface area contributed by atoms with Crippen LogP contribution in [0.3, 0.4) is 0 Å². The fraction of sp³-hybridized carbons (Fsp3) is 0.278. The first-order valence-electron chi connectivity index (χ1n) is 8.13. The third-order valence-corrected chi connectivity index (χ3v) is 6.04. The highest BCUT2D eigenvalue weighted by atomic mass is 35.5. The van der Waals surface area contributed by atoms with Gasteiger partial charge in [-0.15, -0.1) is 0 Å². The maximum atomic E-state index is 12.7. The van der Waals surface area contributed by atoms with Gasteiger partial charge in [0.1, 0.15) is 11.1 Å². The van der Waals surface area contributed by atoms with Gasteiger partial charge in [0.2, 0.25) is 5.91 Å². The van der Waals surface area contributed by atoms with E-state index in [1.165, 1.54) is 11.3 Å². The third kappa shape index (κ3) is 5.02. The van der Waals surface area contributed by atoms with Crippen molar-refractivity contribution in [3.8, 4) is 0 Å². The molecule has 0 saturated heterocycles. The smallest absolute Gasteiger partial charge is 0.310 e. The van der Waals surface area contributed by atoms with E-state index in [9.17, 15) is 9.59 Å². The normalized spacial score (nSPS) is 18.9. The van der Waals surface area contributed by atoms with Crippen molar-refractivity contribution < 1.29 is 14.3 Å². The van der Waals surface area contributed by atoms with E-state index in [2.05, 4.69) is 10.3 Å². The number of carbonyl (C=O) groups is 2. The number of nitrogens with one attached hydrogen (secondary N) is 1. The maximum Gasteiger partial charge on any atom is 0.310 e. The van der Waals surface area contributed by atoms with Crippen LogP contribution in [0.4, 0.5) is 5.13 Å². The molecule has 1 aromatic heterocycles. The number of anilines is 1. The number of thiazole rings is 1. The highest BCUT2D eigenvalue weighted by Gasteiger charge is 2.35. The van der Waals surface area contributed by atoms with Gasteiger partial charge in [0, 0.05) is 0 Å². The van der Waals surface area contributed by atoms with Crippen LogP contribution in [-0.2, 0) is 14.3 Å². The zero-order valence-corrected chi connectivity index (χ0v) is 17.0. The van der Waals surface area contributed by atoms with Crippen LogP contribution in [-0.4, -0.2) is 23.5 Å². The zero-order chi connectivity index (χ0) is 19.4. The van der Waals surface area contributed by atoms with E-state index in [4.69, 9.17) is 39.5 Å². The lowest BCUT2D eigenvalue weighted by molar-refractivity contribution is -0.151. The SMILES string of the molecule is O=C(Nc1nc2ccccc2s1)C1CC=CCC1C(=O)OCC(Cl)=C(Cl)Cl. The Labute approximate surface area is 174 Å². The van der Waals surface area contributed by atoms with Crippen LogP contribution in [0, 0.1) is 11.8 Å². The van der Waals surface area contributed by atoms with Crippen LogP contribution in [0.1, 0.15) is 12.8 Å². The molecule has 0 spiro atoms. The van der Waals surface area contributed by atoms with Gasteiger partial charge in [0.05, 0.1) is 27.1 Å². The molecule has 2 aromatic rings. The highest BCUT2D eigenvalue weighted by molar-refractivity contribution is 7.22. The number of aromatic nitrogens is 1. The summed E-state index contributed by atoms with van der Waals surface area (Å²) >= 11 is 18.3. The van der Waals surface area contributed by atoms with Gasteiger partial charge in [-0.3, -0.25) is 9.59 Å². The van der Waals surface area contributed by atoms with E-state index < -0.39 is 17.8 Å². The second kappa shape index (κ2) is 9.06. The predicted octanol–water partition coefficient (Wildman–Crippen LogP) is 5.25. The van der Waals surface area contributed by atoms with E-state index in [1.54, 1.807) is 0 Å². The van der Waals surface area contributed by atoms with E-state index in [-0.39, 0.29) is 22.0 Å². The number of hydrogen-bond acceptors (Lipinski definition) is 5. The number of nitrogens with zero attached hydrogens (tertiary/aromatic N) is 1. The Morgan fingerprint density at radius 2 is 1.85 bits per heavy atom. The number of hydrogen-bond donors (Lipinski definition) is 1. The van der Waals surface area contributed by atoms with E-state index >= 15 is 0 Å². The lowest BCUT2D eigenvalue weighted by atomic mass is 9.82. The molecule has 0 fully saturated rings. The standard InChI is InChI=1S/C18H15Cl3N2O3S/c19-12(15(20)21)9-26-17(25)11-6-2-1-5-10(11)16(24)23-18-22-13-7-3-4-8-14(13)27-18/h1-4,7-8,10-11H,5-6,9H2,(H,22,23,24). The number of carbonyl (C=O) groups excluding carboxylic acids is 2. The molecule has 5 nitrogen and oxygen atoms in total. The molecule has 1 aliphatic rings. The molecule has 0 saturated carbocycles. The summed E-state index contributed by atoms with van der Waals surface area (Å²) in [5.74, 6) is -1.94. The molecule has 27 heavy (non-hydrogen) atoms. The summed E-state index contributed by atoms with van der Waals surface area (Å²) in [5, 5.41) is 3.36. The summed E-state index contributed by atoms with van der Waals surface area (Å²) in [5.41, 5.74) is 0.816. The Kier molecular flexibility index (Phi) is 6.76. The van der Waals surface area contributed by atoms with Crippen molar-refractivity contribution in [2.75, 3.05) is 11.9 Å². The van der Waals surface area contributed by atoms with Crippen molar-refractivity contribution in [3.63, 3.8) is 0 Å². The monoisotopic (exact) mass is 444 g/mol. The van der Waals surface area contributed by atoms with Gasteiger partial charge in [-0.2, -0.15) is 0 Å². The van der Waals surface area contributed by atoms with Gasteiger partial charge < -0.3 is 10.1 Å². The number of esters is 1. The second-order valence-corrected chi connectivity index (χ2v) is 8.34. The van der Waals surface area contributed by atoms with E-state index in [0.29, 0.717) is 18.0 Å². The number of allylic oxidation sites excluding steroid dienone is 2. The molecule has 1 aromatic carbocycles. The average Bonchev–Trinajstić information content (AvgIpc) is 3.07. The molecule has 0 bridgehead atoms. The summed E-state index contributed by atoms with van der Waals surface area (Å²) in [4.78, 5) is 29.6. The number of para-hydroxylation sites is 1. The largest absolute Gasteiger partial charge is 0.460 e. The number of ether oxygens (including phenoxy) is 1. The Morgan fingerprint density at radius 1 is 1.15 bits per heavy atom. The van der Waals surface area contributed by atoms with Crippen LogP contribution >= 0.6 is 46.1 Å². The first-order chi connectivity index (χ1) is 13.0. The molecule has 1 amide bonds. The summed E-state index contributed by atoms with van der Waals surface area (Å²) < 4.78 is 5.98. The van der Waals surface area contributed by atoms with Crippen LogP contribution in [0.25, 0.3) is 10.2 Å².